The Hall–Kier alpha value is -2.20. The van der Waals surface area contributed by atoms with Crippen LogP contribution in [0.5, 0.6) is 0 Å². The van der Waals surface area contributed by atoms with E-state index in [1.165, 1.54) is 0 Å². The van der Waals surface area contributed by atoms with Crippen molar-refractivity contribution in [2.45, 2.75) is 0 Å². The number of hydrogen-bond acceptors (Lipinski definition) is 1. The molecule has 0 bridgehead atoms. The van der Waals surface area contributed by atoms with Crippen LogP contribution in [0.3, 0.4) is 0 Å². The van der Waals surface area contributed by atoms with Gasteiger partial charge in [0.25, 0.3) is 0 Å². The van der Waals surface area contributed by atoms with Gasteiger partial charge in [0, 0.05) is 16.3 Å². The second kappa shape index (κ2) is 2.90. The topological polar surface area (TPSA) is 13.1 Å². The number of hydrogen-bond donors (Lipinski definition) is 0. The highest BCUT2D eigenvalue weighted by Crippen LogP contribution is 2.28. The molecule has 1 nitrogen and oxygen atoms in total. The summed E-state index contributed by atoms with van der Waals surface area (Å²) in [5.74, 6) is 2.38. The van der Waals surface area contributed by atoms with E-state index in [9.17, 15) is 0 Å². The lowest BCUT2D eigenvalue weighted by Crippen LogP contribution is -1.71. The van der Waals surface area contributed by atoms with Crippen LogP contribution in [0.2, 0.25) is 0 Å². The maximum absolute atomic E-state index is 7.10. The molecule has 1 heterocycles. The highest BCUT2D eigenvalue weighted by atomic mass is 16.3. The number of fused-ring (bicyclic) bond motifs is 3. The molecule has 3 rings (SSSR count). The molecule has 0 aliphatic rings. The molecule has 1 aromatic heterocycles. The SMILES string of the molecule is [C]#Cc1ccc2oc3ccccc3c2c1. The van der Waals surface area contributed by atoms with Gasteiger partial charge in [-0.1, -0.05) is 24.1 Å². The molecule has 0 amide bonds. The quantitative estimate of drug-likeness (QED) is 0.495. The largest absolute Gasteiger partial charge is 0.456 e. The van der Waals surface area contributed by atoms with Crippen LogP contribution in [0.1, 0.15) is 5.56 Å². The third kappa shape index (κ3) is 1.12. The Labute approximate surface area is 87.3 Å². The fourth-order valence-electron chi connectivity index (χ4n) is 1.80. The minimum atomic E-state index is 0.772. The highest BCUT2D eigenvalue weighted by molar-refractivity contribution is 6.05. The molecule has 0 aliphatic heterocycles. The molecule has 0 saturated carbocycles. The van der Waals surface area contributed by atoms with Crippen molar-refractivity contribution >= 4 is 21.9 Å². The van der Waals surface area contributed by atoms with Gasteiger partial charge in [-0.25, -0.2) is 0 Å². The van der Waals surface area contributed by atoms with E-state index in [0.717, 1.165) is 27.5 Å². The molecule has 0 unspecified atom stereocenters. The van der Waals surface area contributed by atoms with Crippen molar-refractivity contribution in [1.82, 2.24) is 0 Å². The molecule has 0 aliphatic carbocycles. The van der Waals surface area contributed by atoms with E-state index in [1.54, 1.807) is 0 Å². The van der Waals surface area contributed by atoms with Gasteiger partial charge in [-0.3, -0.25) is 0 Å². The van der Waals surface area contributed by atoms with E-state index in [2.05, 4.69) is 5.92 Å². The van der Waals surface area contributed by atoms with Crippen LogP contribution in [-0.4, -0.2) is 0 Å². The van der Waals surface area contributed by atoms with Crippen molar-refractivity contribution in [3.63, 3.8) is 0 Å². The van der Waals surface area contributed by atoms with Crippen molar-refractivity contribution in [2.75, 3.05) is 0 Å². The van der Waals surface area contributed by atoms with Gasteiger partial charge in [0.1, 0.15) is 11.2 Å². The monoisotopic (exact) mass is 191 g/mol. The smallest absolute Gasteiger partial charge is 0.135 e. The first-order valence-corrected chi connectivity index (χ1v) is 4.72. The van der Waals surface area contributed by atoms with Gasteiger partial charge in [-0.2, -0.15) is 0 Å². The van der Waals surface area contributed by atoms with Crippen LogP contribution in [-0.2, 0) is 0 Å². The summed E-state index contributed by atoms with van der Waals surface area (Å²) in [7, 11) is 0. The van der Waals surface area contributed by atoms with Crippen molar-refractivity contribution in [2.24, 2.45) is 0 Å². The molecule has 2 aromatic carbocycles. The zero-order valence-corrected chi connectivity index (χ0v) is 7.95. The van der Waals surface area contributed by atoms with Gasteiger partial charge in [0.2, 0.25) is 0 Å². The first-order valence-electron chi connectivity index (χ1n) is 4.72. The Morgan fingerprint density at radius 3 is 2.60 bits per heavy atom. The molecule has 1 heteroatoms. The zero-order chi connectivity index (χ0) is 10.3. The average Bonchev–Trinajstić information content (AvgIpc) is 2.66. The average molecular weight is 191 g/mol. The summed E-state index contributed by atoms with van der Waals surface area (Å²) in [5, 5.41) is 2.13. The van der Waals surface area contributed by atoms with Crippen molar-refractivity contribution < 1.29 is 4.42 Å². The van der Waals surface area contributed by atoms with E-state index in [1.807, 2.05) is 42.5 Å². The van der Waals surface area contributed by atoms with Crippen molar-refractivity contribution in [3.05, 3.63) is 54.5 Å². The van der Waals surface area contributed by atoms with Gasteiger partial charge in [0.05, 0.1) is 0 Å². The highest BCUT2D eigenvalue weighted by Gasteiger charge is 2.05. The van der Waals surface area contributed by atoms with Gasteiger partial charge < -0.3 is 4.42 Å². The van der Waals surface area contributed by atoms with Crippen molar-refractivity contribution in [1.29, 1.82) is 0 Å². The number of benzene rings is 2. The fraction of sp³-hybridized carbons (Fsp3) is 0. The molecule has 15 heavy (non-hydrogen) atoms. The molecule has 3 aromatic rings. The van der Waals surface area contributed by atoms with E-state index in [0.29, 0.717) is 0 Å². The van der Waals surface area contributed by atoms with Gasteiger partial charge in [0.15, 0.2) is 0 Å². The zero-order valence-electron chi connectivity index (χ0n) is 7.95. The summed E-state index contributed by atoms with van der Waals surface area (Å²) in [5.41, 5.74) is 2.51. The Bertz CT molecular complexity index is 683. The van der Waals surface area contributed by atoms with Gasteiger partial charge in [-0.05, 0) is 30.7 Å². The van der Waals surface area contributed by atoms with Crippen molar-refractivity contribution in [3.8, 4) is 5.92 Å². The van der Waals surface area contributed by atoms with E-state index >= 15 is 0 Å². The summed E-state index contributed by atoms with van der Waals surface area (Å²) in [6.07, 6.45) is 7.10. The fourth-order valence-corrected chi connectivity index (χ4v) is 1.80. The molecule has 0 fully saturated rings. The normalized spacial score (nSPS) is 10.6. The lowest BCUT2D eigenvalue weighted by atomic mass is 10.1. The first-order chi connectivity index (χ1) is 7.38. The predicted octanol–water partition coefficient (Wildman–Crippen LogP) is 3.52. The van der Waals surface area contributed by atoms with Crippen LogP contribution in [0.25, 0.3) is 21.9 Å². The van der Waals surface area contributed by atoms with Gasteiger partial charge in [-0.15, -0.1) is 0 Å². The Morgan fingerprint density at radius 1 is 0.933 bits per heavy atom. The van der Waals surface area contributed by atoms with Crippen LogP contribution < -0.4 is 0 Å². The minimum absolute atomic E-state index is 0.772. The van der Waals surface area contributed by atoms with E-state index in [4.69, 9.17) is 10.8 Å². The summed E-state index contributed by atoms with van der Waals surface area (Å²) >= 11 is 0. The molecule has 69 valence electrons. The molecule has 1 radical (unpaired) electrons. The molecule has 0 saturated heterocycles. The summed E-state index contributed by atoms with van der Waals surface area (Å²) < 4.78 is 5.66. The molecular weight excluding hydrogens is 184 g/mol. The minimum Gasteiger partial charge on any atom is -0.456 e. The molecule has 0 atom stereocenters. The third-order valence-corrected chi connectivity index (χ3v) is 2.52. The molecule has 0 N–H and O–H groups in total. The number of furan rings is 1. The van der Waals surface area contributed by atoms with Crippen LogP contribution in [0, 0.1) is 12.3 Å². The molecular formula is C14H7O. The maximum atomic E-state index is 7.10. The van der Waals surface area contributed by atoms with Crippen LogP contribution in [0.4, 0.5) is 0 Å². The number of para-hydroxylation sites is 1. The van der Waals surface area contributed by atoms with E-state index < -0.39 is 0 Å². The summed E-state index contributed by atoms with van der Waals surface area (Å²) in [6, 6.07) is 13.5. The first kappa shape index (κ1) is 8.14. The Balaban J connectivity index is 2.53. The van der Waals surface area contributed by atoms with Crippen LogP contribution in [0.15, 0.2) is 46.9 Å². The lowest BCUT2D eigenvalue weighted by molar-refractivity contribution is 0.669. The Morgan fingerprint density at radius 2 is 1.73 bits per heavy atom. The van der Waals surface area contributed by atoms with Gasteiger partial charge >= 0.3 is 0 Å². The second-order valence-electron chi connectivity index (χ2n) is 3.43. The van der Waals surface area contributed by atoms with E-state index in [-0.39, 0.29) is 0 Å². The summed E-state index contributed by atoms with van der Waals surface area (Å²) in [6.45, 7) is 0. The third-order valence-electron chi connectivity index (χ3n) is 2.52. The van der Waals surface area contributed by atoms with Crippen LogP contribution >= 0.6 is 0 Å². The number of rotatable bonds is 0. The standard InChI is InChI=1S/C14H7O/c1-2-10-7-8-14-12(9-10)11-5-3-4-6-13(11)15-14/h3-9H. The summed E-state index contributed by atoms with van der Waals surface area (Å²) in [4.78, 5) is 0. The maximum Gasteiger partial charge on any atom is 0.135 e. The lowest BCUT2D eigenvalue weighted by Gasteiger charge is -1.90. The predicted molar refractivity (Wildman–Crippen MR) is 60.0 cm³/mol. The Kier molecular flexibility index (Phi) is 1.57. The second-order valence-corrected chi connectivity index (χ2v) is 3.43. The molecule has 0 spiro atoms.